The largest absolute Gasteiger partial charge is 0.507 e. The van der Waals surface area contributed by atoms with Crippen molar-refractivity contribution in [2.45, 2.75) is 19.0 Å². The number of carbonyl (C=O) groups is 2. The van der Waals surface area contributed by atoms with Gasteiger partial charge in [-0.15, -0.1) is 0 Å². The van der Waals surface area contributed by atoms with Crippen LogP contribution in [0.25, 0.3) is 5.76 Å². The van der Waals surface area contributed by atoms with Gasteiger partial charge >= 0.3 is 0 Å². The highest BCUT2D eigenvalue weighted by atomic mass is 16.3. The number of nitrogens with two attached hydrogens (primary N) is 1. The van der Waals surface area contributed by atoms with Crippen molar-refractivity contribution in [3.63, 3.8) is 0 Å². The van der Waals surface area contributed by atoms with Crippen LogP contribution in [0.3, 0.4) is 0 Å². The van der Waals surface area contributed by atoms with E-state index in [4.69, 9.17) is 5.73 Å². The lowest BCUT2D eigenvalue weighted by Crippen LogP contribution is -2.38. The van der Waals surface area contributed by atoms with Gasteiger partial charge in [0.05, 0.1) is 11.6 Å². The topological polar surface area (TPSA) is 83.6 Å². The number of carbonyl (C=O) groups excluding carboxylic acids is 2. The molecule has 2 aromatic carbocycles. The van der Waals surface area contributed by atoms with E-state index in [2.05, 4.69) is 0 Å². The molecule has 25 heavy (non-hydrogen) atoms. The Hall–Kier alpha value is -2.92. The predicted octanol–water partition coefficient (Wildman–Crippen LogP) is 2.46. The first-order chi connectivity index (χ1) is 12.0. The summed E-state index contributed by atoms with van der Waals surface area (Å²) >= 11 is 0. The molecule has 0 aliphatic carbocycles. The average Bonchev–Trinajstić information content (AvgIpc) is 2.87. The van der Waals surface area contributed by atoms with E-state index < -0.39 is 17.7 Å². The zero-order chi connectivity index (χ0) is 18.0. The van der Waals surface area contributed by atoms with Crippen molar-refractivity contribution in [3.8, 4) is 0 Å². The standard InChI is InChI=1S/C20H20N2O3/c1-13(21)12-22-17(14-8-4-2-5-9-14)16(19(24)20(22)25)18(23)15-10-6-3-7-11-15/h2-11,13,17,23H,12,21H2,1H3. The maximum atomic E-state index is 12.6. The lowest BCUT2D eigenvalue weighted by Gasteiger charge is -2.26. The summed E-state index contributed by atoms with van der Waals surface area (Å²) in [6.07, 6.45) is 0. The molecule has 1 fully saturated rings. The summed E-state index contributed by atoms with van der Waals surface area (Å²) in [7, 11) is 0. The Labute approximate surface area is 146 Å². The minimum absolute atomic E-state index is 0.100. The van der Waals surface area contributed by atoms with Gasteiger partial charge in [-0.05, 0) is 12.5 Å². The van der Waals surface area contributed by atoms with Gasteiger partial charge in [0.1, 0.15) is 5.76 Å². The summed E-state index contributed by atoms with van der Waals surface area (Å²) in [5.41, 5.74) is 7.23. The third-order valence-corrected chi connectivity index (χ3v) is 4.19. The van der Waals surface area contributed by atoms with Crippen LogP contribution in [0.15, 0.2) is 66.2 Å². The van der Waals surface area contributed by atoms with Gasteiger partial charge in [-0.2, -0.15) is 0 Å². The van der Waals surface area contributed by atoms with Crippen molar-refractivity contribution in [3.05, 3.63) is 77.4 Å². The molecule has 0 aromatic heterocycles. The van der Waals surface area contributed by atoms with Gasteiger partial charge in [-0.25, -0.2) is 0 Å². The summed E-state index contributed by atoms with van der Waals surface area (Å²) in [6.45, 7) is 2.01. The lowest BCUT2D eigenvalue weighted by atomic mass is 9.95. The molecule has 0 spiro atoms. The van der Waals surface area contributed by atoms with Crippen LogP contribution in [-0.4, -0.2) is 34.3 Å². The van der Waals surface area contributed by atoms with E-state index in [0.29, 0.717) is 5.56 Å². The molecule has 5 nitrogen and oxygen atoms in total. The van der Waals surface area contributed by atoms with Gasteiger partial charge in [0, 0.05) is 18.2 Å². The molecule has 1 aliphatic heterocycles. The number of benzene rings is 2. The molecule has 0 saturated carbocycles. The second kappa shape index (κ2) is 6.91. The number of likely N-dealkylation sites (tertiary alicyclic amines) is 1. The Morgan fingerprint density at radius 1 is 1.08 bits per heavy atom. The van der Waals surface area contributed by atoms with E-state index in [-0.39, 0.29) is 23.9 Å². The molecule has 2 atom stereocenters. The summed E-state index contributed by atoms with van der Waals surface area (Å²) in [6, 6.07) is 17.0. The molecular formula is C20H20N2O3. The third kappa shape index (κ3) is 3.19. The fourth-order valence-electron chi connectivity index (χ4n) is 3.11. The first-order valence-electron chi connectivity index (χ1n) is 8.15. The van der Waals surface area contributed by atoms with E-state index in [1.54, 1.807) is 31.2 Å². The van der Waals surface area contributed by atoms with E-state index in [1.807, 2.05) is 36.4 Å². The molecule has 1 amide bonds. The molecule has 1 heterocycles. The van der Waals surface area contributed by atoms with Crippen LogP contribution in [0, 0.1) is 0 Å². The molecule has 2 unspecified atom stereocenters. The van der Waals surface area contributed by atoms with Crippen molar-refractivity contribution >= 4 is 17.4 Å². The van der Waals surface area contributed by atoms with Crippen LogP contribution < -0.4 is 5.73 Å². The number of nitrogens with zero attached hydrogens (tertiary/aromatic N) is 1. The number of ketones is 1. The zero-order valence-corrected chi connectivity index (χ0v) is 13.9. The van der Waals surface area contributed by atoms with Crippen LogP contribution in [0.2, 0.25) is 0 Å². The second-order valence-corrected chi connectivity index (χ2v) is 6.21. The molecule has 3 rings (SSSR count). The number of aliphatic hydroxyl groups excluding tert-OH is 1. The number of Topliss-reactive ketones (excluding diaryl/α,β-unsaturated/α-hetero) is 1. The first-order valence-corrected chi connectivity index (χ1v) is 8.15. The maximum absolute atomic E-state index is 12.6. The molecule has 5 heteroatoms. The Morgan fingerprint density at radius 3 is 2.20 bits per heavy atom. The number of hydrogen-bond donors (Lipinski definition) is 2. The normalized spacial score (nSPS) is 20.7. The van der Waals surface area contributed by atoms with E-state index in [0.717, 1.165) is 5.56 Å². The fraction of sp³-hybridized carbons (Fsp3) is 0.200. The molecule has 3 N–H and O–H groups in total. The van der Waals surface area contributed by atoms with Crippen LogP contribution in [-0.2, 0) is 9.59 Å². The van der Waals surface area contributed by atoms with E-state index in [1.165, 1.54) is 4.90 Å². The number of hydrogen-bond acceptors (Lipinski definition) is 4. The fourth-order valence-corrected chi connectivity index (χ4v) is 3.11. The number of amides is 1. The highest BCUT2D eigenvalue weighted by Crippen LogP contribution is 2.39. The van der Waals surface area contributed by atoms with Gasteiger partial charge in [0.25, 0.3) is 11.7 Å². The molecule has 1 aliphatic rings. The predicted molar refractivity (Wildman–Crippen MR) is 95.5 cm³/mol. The Kier molecular flexibility index (Phi) is 4.67. The average molecular weight is 336 g/mol. The van der Waals surface area contributed by atoms with Crippen molar-refractivity contribution in [2.75, 3.05) is 6.54 Å². The Balaban J connectivity index is 2.18. The SMILES string of the molecule is CC(N)CN1C(=O)C(=O)C(=C(O)c2ccccc2)C1c1ccccc1. The Bertz CT molecular complexity index is 813. The highest BCUT2D eigenvalue weighted by molar-refractivity contribution is 6.46. The second-order valence-electron chi connectivity index (χ2n) is 6.21. The molecule has 2 aromatic rings. The number of aliphatic hydroxyl groups is 1. The van der Waals surface area contributed by atoms with Gasteiger partial charge < -0.3 is 15.7 Å². The van der Waals surface area contributed by atoms with Crippen molar-refractivity contribution < 1.29 is 14.7 Å². The summed E-state index contributed by atoms with van der Waals surface area (Å²) in [4.78, 5) is 26.6. The quantitative estimate of drug-likeness (QED) is 0.510. The van der Waals surface area contributed by atoms with Crippen molar-refractivity contribution in [1.82, 2.24) is 4.90 Å². The van der Waals surface area contributed by atoms with Crippen LogP contribution in [0.5, 0.6) is 0 Å². The summed E-state index contributed by atoms with van der Waals surface area (Å²) < 4.78 is 0. The van der Waals surface area contributed by atoms with Crippen molar-refractivity contribution in [1.29, 1.82) is 0 Å². The van der Waals surface area contributed by atoms with Gasteiger partial charge in [-0.3, -0.25) is 9.59 Å². The van der Waals surface area contributed by atoms with Gasteiger partial charge in [0.2, 0.25) is 0 Å². The number of rotatable bonds is 4. The van der Waals surface area contributed by atoms with Gasteiger partial charge in [-0.1, -0.05) is 60.7 Å². The summed E-state index contributed by atoms with van der Waals surface area (Å²) in [5, 5.41) is 10.7. The lowest BCUT2D eigenvalue weighted by molar-refractivity contribution is -0.140. The minimum Gasteiger partial charge on any atom is -0.507 e. The van der Waals surface area contributed by atoms with Crippen LogP contribution in [0.4, 0.5) is 0 Å². The van der Waals surface area contributed by atoms with Gasteiger partial charge in [0.15, 0.2) is 0 Å². The molecular weight excluding hydrogens is 316 g/mol. The highest BCUT2D eigenvalue weighted by Gasteiger charge is 2.46. The molecule has 128 valence electrons. The molecule has 0 radical (unpaired) electrons. The molecule has 0 bridgehead atoms. The van der Waals surface area contributed by atoms with E-state index >= 15 is 0 Å². The zero-order valence-electron chi connectivity index (χ0n) is 13.9. The first kappa shape index (κ1) is 16.9. The monoisotopic (exact) mass is 336 g/mol. The summed E-state index contributed by atoms with van der Waals surface area (Å²) in [5.74, 6) is -1.49. The smallest absolute Gasteiger partial charge is 0.295 e. The van der Waals surface area contributed by atoms with E-state index in [9.17, 15) is 14.7 Å². The third-order valence-electron chi connectivity index (χ3n) is 4.19. The van der Waals surface area contributed by atoms with Crippen LogP contribution in [0.1, 0.15) is 24.1 Å². The Morgan fingerprint density at radius 2 is 1.64 bits per heavy atom. The van der Waals surface area contributed by atoms with Crippen molar-refractivity contribution in [2.24, 2.45) is 5.73 Å². The maximum Gasteiger partial charge on any atom is 0.295 e. The van der Waals surface area contributed by atoms with Crippen LogP contribution >= 0.6 is 0 Å². The minimum atomic E-state index is -0.684. The molecule has 1 saturated heterocycles.